The van der Waals surface area contributed by atoms with Crippen molar-refractivity contribution < 1.29 is 14.7 Å². The van der Waals surface area contributed by atoms with Crippen LogP contribution in [0, 0.1) is 17.8 Å². The maximum atomic E-state index is 12.8. The van der Waals surface area contributed by atoms with E-state index in [0.717, 1.165) is 29.1 Å². The van der Waals surface area contributed by atoms with Crippen molar-refractivity contribution in [2.45, 2.75) is 51.4 Å². The molecule has 2 bridgehead atoms. The van der Waals surface area contributed by atoms with Gasteiger partial charge in [0.1, 0.15) is 0 Å². The van der Waals surface area contributed by atoms with Gasteiger partial charge in [0, 0.05) is 22.6 Å². The molecule has 0 saturated heterocycles. The molecule has 0 spiro atoms. The minimum absolute atomic E-state index is 0.131. The molecular formula is C31H34N2O3. The lowest BCUT2D eigenvalue weighted by Gasteiger charge is -2.47. The van der Waals surface area contributed by atoms with E-state index in [0.29, 0.717) is 11.3 Å². The topological polar surface area (TPSA) is 78.4 Å². The number of benzene rings is 3. The average molecular weight is 483 g/mol. The quantitative estimate of drug-likeness (QED) is 0.340. The molecule has 3 aromatic carbocycles. The third-order valence-corrected chi connectivity index (χ3v) is 7.98. The molecule has 5 nitrogen and oxygen atoms in total. The minimum atomic E-state index is -1.03. The summed E-state index contributed by atoms with van der Waals surface area (Å²) < 4.78 is 0. The number of carbonyl (C=O) groups is 2. The van der Waals surface area contributed by atoms with Crippen LogP contribution in [0.15, 0.2) is 72.8 Å². The van der Waals surface area contributed by atoms with Crippen molar-refractivity contribution in [3.63, 3.8) is 0 Å². The standard InChI is InChI=1S/C31H34N2O3/c1-20-13-21-15-22(14-20)19-31(2,18-21)25-9-11-26(12-10-25)32-27-7-3-5-23(16-27)29(34)33-28-8-4-6-24(17-28)30(35)36/h3-12,16-17,20-22,32H,13-15,18-19H2,1-2H3,(H,33,34)(H,35,36). The average Bonchev–Trinajstić information content (AvgIpc) is 2.84. The highest BCUT2D eigenvalue weighted by atomic mass is 16.4. The number of fused-ring (bicyclic) bond motifs is 2. The van der Waals surface area contributed by atoms with Crippen molar-refractivity contribution in [3.8, 4) is 0 Å². The van der Waals surface area contributed by atoms with Gasteiger partial charge in [-0.3, -0.25) is 4.79 Å². The van der Waals surface area contributed by atoms with Crippen molar-refractivity contribution in [2.24, 2.45) is 17.8 Å². The van der Waals surface area contributed by atoms with E-state index >= 15 is 0 Å². The summed E-state index contributed by atoms with van der Waals surface area (Å²) in [6.45, 7) is 4.86. The molecule has 36 heavy (non-hydrogen) atoms. The van der Waals surface area contributed by atoms with Crippen molar-refractivity contribution >= 4 is 28.9 Å². The number of carbonyl (C=O) groups excluding carboxylic acids is 1. The molecule has 2 aliphatic rings. The summed E-state index contributed by atoms with van der Waals surface area (Å²) in [6, 6.07) is 22.3. The highest BCUT2D eigenvalue weighted by Gasteiger charge is 2.41. The lowest BCUT2D eigenvalue weighted by Crippen LogP contribution is -2.38. The fraction of sp³-hybridized carbons (Fsp3) is 0.355. The monoisotopic (exact) mass is 482 g/mol. The molecule has 0 heterocycles. The highest BCUT2D eigenvalue weighted by molar-refractivity contribution is 6.05. The first kappa shape index (κ1) is 24.1. The number of hydrogen-bond donors (Lipinski definition) is 3. The first-order valence-electron chi connectivity index (χ1n) is 12.9. The smallest absolute Gasteiger partial charge is 0.335 e. The van der Waals surface area contributed by atoms with Crippen molar-refractivity contribution in [1.29, 1.82) is 0 Å². The molecule has 1 amide bonds. The fourth-order valence-corrected chi connectivity index (χ4v) is 6.62. The Morgan fingerprint density at radius 2 is 1.42 bits per heavy atom. The van der Waals surface area contributed by atoms with Gasteiger partial charge in [-0.15, -0.1) is 0 Å². The van der Waals surface area contributed by atoms with Gasteiger partial charge >= 0.3 is 5.97 Å². The van der Waals surface area contributed by atoms with Crippen LogP contribution in [0.3, 0.4) is 0 Å². The number of rotatable bonds is 6. The van der Waals surface area contributed by atoms with Crippen LogP contribution in [0.5, 0.6) is 0 Å². The van der Waals surface area contributed by atoms with Crippen LogP contribution in [0.1, 0.15) is 72.2 Å². The number of amides is 1. The van der Waals surface area contributed by atoms with Crippen molar-refractivity contribution in [3.05, 3.63) is 89.5 Å². The summed E-state index contributed by atoms with van der Waals surface area (Å²) >= 11 is 0. The molecule has 0 aliphatic heterocycles. The second-order valence-electron chi connectivity index (χ2n) is 11.1. The number of carboxylic acid groups (broad SMARTS) is 1. The van der Waals surface area contributed by atoms with Crippen LogP contribution >= 0.6 is 0 Å². The second kappa shape index (κ2) is 9.81. The molecule has 186 valence electrons. The summed E-state index contributed by atoms with van der Waals surface area (Å²) in [5.74, 6) is 1.27. The molecule has 5 heteroatoms. The molecule has 2 atom stereocenters. The van der Waals surface area contributed by atoms with Gasteiger partial charge in [-0.05, 0) is 109 Å². The fourth-order valence-electron chi connectivity index (χ4n) is 6.62. The molecular weight excluding hydrogens is 448 g/mol. The zero-order valence-corrected chi connectivity index (χ0v) is 21.0. The zero-order valence-electron chi connectivity index (χ0n) is 21.0. The molecule has 2 aliphatic carbocycles. The zero-order chi connectivity index (χ0) is 25.3. The lowest BCUT2D eigenvalue weighted by atomic mass is 9.57. The van der Waals surface area contributed by atoms with E-state index in [9.17, 15) is 9.59 Å². The normalized spacial score (nSPS) is 25.1. The Bertz CT molecular complexity index is 1250. The summed E-state index contributed by atoms with van der Waals surface area (Å²) in [7, 11) is 0. The van der Waals surface area contributed by atoms with Gasteiger partial charge in [0.2, 0.25) is 0 Å². The Labute approximate surface area is 212 Å². The predicted molar refractivity (Wildman–Crippen MR) is 144 cm³/mol. The maximum Gasteiger partial charge on any atom is 0.335 e. The molecule has 0 radical (unpaired) electrons. The highest BCUT2D eigenvalue weighted by Crippen LogP contribution is 2.51. The number of carboxylic acids is 1. The summed E-state index contributed by atoms with van der Waals surface area (Å²) in [6.07, 6.45) is 6.73. The van der Waals surface area contributed by atoms with Gasteiger partial charge in [-0.1, -0.05) is 38.1 Å². The van der Waals surface area contributed by atoms with E-state index in [1.165, 1.54) is 49.8 Å². The lowest BCUT2D eigenvalue weighted by molar-refractivity contribution is 0.0696. The third kappa shape index (κ3) is 5.30. The largest absolute Gasteiger partial charge is 0.478 e. The predicted octanol–water partition coefficient (Wildman–Crippen LogP) is 7.48. The van der Waals surface area contributed by atoms with Crippen LogP contribution in [0.2, 0.25) is 0 Å². The molecule has 2 fully saturated rings. The van der Waals surface area contributed by atoms with Gasteiger partial charge in [0.15, 0.2) is 0 Å². The van der Waals surface area contributed by atoms with Crippen LogP contribution in [-0.2, 0) is 5.41 Å². The molecule has 2 saturated carbocycles. The SMILES string of the molecule is CC1CC2CC(C1)CC(C)(c1ccc(Nc3cccc(C(=O)Nc4cccc(C(=O)O)c4)c3)cc1)C2. The Balaban J connectivity index is 1.25. The Kier molecular flexibility index (Phi) is 6.57. The summed E-state index contributed by atoms with van der Waals surface area (Å²) in [5, 5.41) is 15.4. The van der Waals surface area contributed by atoms with E-state index < -0.39 is 5.97 Å². The van der Waals surface area contributed by atoms with Crippen molar-refractivity contribution in [2.75, 3.05) is 10.6 Å². The first-order valence-corrected chi connectivity index (χ1v) is 12.9. The van der Waals surface area contributed by atoms with E-state index in [4.69, 9.17) is 5.11 Å². The van der Waals surface area contributed by atoms with Crippen molar-refractivity contribution in [1.82, 2.24) is 0 Å². The summed E-state index contributed by atoms with van der Waals surface area (Å²) in [5.41, 5.74) is 4.56. The van der Waals surface area contributed by atoms with E-state index in [-0.39, 0.29) is 16.9 Å². The second-order valence-corrected chi connectivity index (χ2v) is 11.1. The van der Waals surface area contributed by atoms with Crippen LogP contribution in [0.25, 0.3) is 0 Å². The van der Waals surface area contributed by atoms with Gasteiger partial charge in [0.05, 0.1) is 5.56 Å². The number of nitrogens with one attached hydrogen (secondary N) is 2. The summed E-state index contributed by atoms with van der Waals surface area (Å²) in [4.78, 5) is 24.0. The minimum Gasteiger partial charge on any atom is -0.478 e. The van der Waals surface area contributed by atoms with Gasteiger partial charge in [0.25, 0.3) is 5.91 Å². The first-order chi connectivity index (χ1) is 17.3. The number of anilines is 3. The Hall–Kier alpha value is -3.60. The van der Waals surface area contributed by atoms with E-state index in [2.05, 4.69) is 48.7 Å². The van der Waals surface area contributed by atoms with Crippen LogP contribution in [-0.4, -0.2) is 17.0 Å². The van der Waals surface area contributed by atoms with E-state index in [1.807, 2.05) is 12.1 Å². The third-order valence-electron chi connectivity index (χ3n) is 7.98. The van der Waals surface area contributed by atoms with E-state index in [1.54, 1.807) is 24.3 Å². The molecule has 5 rings (SSSR count). The molecule has 2 unspecified atom stereocenters. The maximum absolute atomic E-state index is 12.8. The van der Waals surface area contributed by atoms with Gasteiger partial charge < -0.3 is 15.7 Å². The number of aromatic carboxylic acids is 1. The molecule has 3 aromatic rings. The Morgan fingerprint density at radius 3 is 2.08 bits per heavy atom. The Morgan fingerprint density at radius 1 is 0.806 bits per heavy atom. The van der Waals surface area contributed by atoms with Crippen LogP contribution in [0.4, 0.5) is 17.1 Å². The number of hydrogen-bond acceptors (Lipinski definition) is 3. The van der Waals surface area contributed by atoms with Crippen LogP contribution < -0.4 is 10.6 Å². The molecule has 0 aromatic heterocycles. The van der Waals surface area contributed by atoms with Gasteiger partial charge in [-0.25, -0.2) is 4.79 Å². The molecule has 3 N–H and O–H groups in total. The van der Waals surface area contributed by atoms with Gasteiger partial charge in [-0.2, -0.15) is 0 Å².